The maximum atomic E-state index is 12.3. The highest BCUT2D eigenvalue weighted by Crippen LogP contribution is 2.61. The summed E-state index contributed by atoms with van der Waals surface area (Å²) in [4.78, 5) is 0.0599. The number of rotatable bonds is 3. The highest BCUT2D eigenvalue weighted by atomic mass is 32.2. The third-order valence-electron chi connectivity index (χ3n) is 5.20. The van der Waals surface area contributed by atoms with Gasteiger partial charge in [0.15, 0.2) is 9.84 Å². The SMILES string of the molecule is Cc1ccc(S(=O)(=O)O[C@H]2[C@@H](C)[C@@H]3[C@@H]2S(=O)(=O)C3(C)C)cc1. The molecule has 1 aliphatic carbocycles. The third kappa shape index (κ3) is 1.91. The highest BCUT2D eigenvalue weighted by Gasteiger charge is 2.74. The maximum absolute atomic E-state index is 12.3. The monoisotopic (exact) mass is 344 g/mol. The Kier molecular flexibility index (Phi) is 3.30. The second-order valence-corrected chi connectivity index (χ2v) is 11.1. The van der Waals surface area contributed by atoms with Crippen molar-refractivity contribution in [1.29, 1.82) is 0 Å². The van der Waals surface area contributed by atoms with E-state index in [1.807, 2.05) is 13.8 Å². The van der Waals surface area contributed by atoms with Gasteiger partial charge < -0.3 is 0 Å². The Bertz CT molecular complexity index is 806. The van der Waals surface area contributed by atoms with Gasteiger partial charge in [-0.15, -0.1) is 0 Å². The quantitative estimate of drug-likeness (QED) is 0.783. The minimum absolute atomic E-state index is 0.0317. The van der Waals surface area contributed by atoms with Gasteiger partial charge in [-0.25, -0.2) is 8.42 Å². The second kappa shape index (κ2) is 4.55. The molecule has 0 amide bonds. The molecule has 0 spiro atoms. The Balaban J connectivity index is 1.85. The van der Waals surface area contributed by atoms with E-state index in [4.69, 9.17) is 4.18 Å². The van der Waals surface area contributed by atoms with Crippen molar-refractivity contribution in [1.82, 2.24) is 0 Å². The van der Waals surface area contributed by atoms with Crippen LogP contribution in [0.25, 0.3) is 0 Å². The summed E-state index contributed by atoms with van der Waals surface area (Å²) in [5.74, 6) is -0.125. The molecule has 5 nitrogen and oxygen atoms in total. The minimum atomic E-state index is -3.94. The molecule has 122 valence electrons. The molecule has 2 aliphatic rings. The normalized spacial score (nSPS) is 35.1. The van der Waals surface area contributed by atoms with Gasteiger partial charge in [-0.2, -0.15) is 8.42 Å². The fraction of sp³-hybridized carbons (Fsp3) is 0.600. The van der Waals surface area contributed by atoms with Crippen LogP contribution in [0.2, 0.25) is 0 Å². The molecule has 3 rings (SSSR count). The van der Waals surface area contributed by atoms with Crippen LogP contribution < -0.4 is 0 Å². The molecule has 0 unspecified atom stereocenters. The molecule has 1 heterocycles. The number of hydrogen-bond acceptors (Lipinski definition) is 5. The summed E-state index contributed by atoms with van der Waals surface area (Å²) in [6.45, 7) is 7.11. The number of sulfone groups is 1. The van der Waals surface area contributed by atoms with Crippen LogP contribution in [-0.2, 0) is 24.1 Å². The molecule has 0 radical (unpaired) electrons. The molecule has 0 aromatic heterocycles. The van der Waals surface area contributed by atoms with Gasteiger partial charge in [0.2, 0.25) is 0 Å². The predicted molar refractivity (Wildman–Crippen MR) is 82.7 cm³/mol. The van der Waals surface area contributed by atoms with Crippen molar-refractivity contribution in [2.45, 2.75) is 48.7 Å². The Labute approximate surface area is 131 Å². The van der Waals surface area contributed by atoms with E-state index in [1.54, 1.807) is 26.0 Å². The van der Waals surface area contributed by atoms with Gasteiger partial charge in [-0.05, 0) is 38.8 Å². The van der Waals surface area contributed by atoms with Gasteiger partial charge in [0.05, 0.1) is 21.0 Å². The lowest BCUT2D eigenvalue weighted by atomic mass is 9.64. The Hall–Kier alpha value is -0.920. The molecule has 1 saturated carbocycles. The zero-order chi connectivity index (χ0) is 16.5. The lowest BCUT2D eigenvalue weighted by molar-refractivity contribution is -0.0324. The molecule has 2 fully saturated rings. The molecule has 0 N–H and O–H groups in total. The summed E-state index contributed by atoms with van der Waals surface area (Å²) >= 11 is 0. The van der Waals surface area contributed by atoms with Crippen molar-refractivity contribution in [3.05, 3.63) is 29.8 Å². The average Bonchev–Trinajstić information content (AvgIpc) is 2.41. The number of aryl methyl sites for hydroxylation is 1. The van der Waals surface area contributed by atoms with Crippen LogP contribution in [0.1, 0.15) is 26.3 Å². The third-order valence-corrected chi connectivity index (χ3v) is 9.55. The summed E-state index contributed by atoms with van der Waals surface area (Å²) in [6.07, 6.45) is -0.783. The molecule has 1 saturated heterocycles. The largest absolute Gasteiger partial charge is 0.297 e. The summed E-state index contributed by atoms with van der Waals surface area (Å²) in [5, 5.41) is -0.697. The van der Waals surface area contributed by atoms with Crippen molar-refractivity contribution in [3.8, 4) is 0 Å². The van der Waals surface area contributed by atoms with E-state index >= 15 is 0 Å². The molecule has 0 bridgehead atoms. The van der Waals surface area contributed by atoms with Crippen LogP contribution in [-0.4, -0.2) is 32.9 Å². The molecule has 1 aromatic carbocycles. The summed E-state index contributed by atoms with van der Waals surface area (Å²) < 4.78 is 53.7. The minimum Gasteiger partial charge on any atom is -0.261 e. The fourth-order valence-electron chi connectivity index (χ4n) is 3.78. The van der Waals surface area contributed by atoms with Gasteiger partial charge in [-0.1, -0.05) is 24.6 Å². The van der Waals surface area contributed by atoms with Gasteiger partial charge in [-0.3, -0.25) is 4.18 Å². The molecule has 1 aromatic rings. The van der Waals surface area contributed by atoms with Crippen LogP contribution >= 0.6 is 0 Å². The van der Waals surface area contributed by atoms with Crippen molar-refractivity contribution in [2.24, 2.45) is 11.8 Å². The molecular formula is C15H20O5S2. The van der Waals surface area contributed by atoms with E-state index in [9.17, 15) is 16.8 Å². The smallest absolute Gasteiger partial charge is 0.261 e. The Morgan fingerprint density at radius 2 is 1.68 bits per heavy atom. The topological polar surface area (TPSA) is 77.5 Å². The zero-order valence-electron chi connectivity index (χ0n) is 13.0. The second-order valence-electron chi connectivity index (χ2n) is 6.83. The number of benzene rings is 1. The summed E-state index contributed by atoms with van der Waals surface area (Å²) in [5.41, 5.74) is 0.944. The van der Waals surface area contributed by atoms with Crippen molar-refractivity contribution >= 4 is 20.0 Å². The van der Waals surface area contributed by atoms with E-state index in [1.165, 1.54) is 12.1 Å². The van der Waals surface area contributed by atoms with E-state index in [2.05, 4.69) is 0 Å². The lowest BCUT2D eigenvalue weighted by Crippen LogP contribution is -2.78. The Morgan fingerprint density at radius 1 is 1.14 bits per heavy atom. The van der Waals surface area contributed by atoms with Crippen LogP contribution in [0.4, 0.5) is 0 Å². The van der Waals surface area contributed by atoms with Crippen LogP contribution in [0.15, 0.2) is 29.2 Å². The standard InChI is InChI=1S/C15H20O5S2/c1-9-5-7-11(8-6-9)22(18,19)20-13-10(2)12-14(13)21(16,17)15(12,3)4/h5-8,10,12-14H,1-4H3/t10-,12+,13-,14-/m0/s1. The van der Waals surface area contributed by atoms with Crippen molar-refractivity contribution < 1.29 is 21.0 Å². The predicted octanol–water partition coefficient (Wildman–Crippen LogP) is 1.91. The van der Waals surface area contributed by atoms with E-state index < -0.39 is 36.1 Å². The van der Waals surface area contributed by atoms with Crippen LogP contribution in [0, 0.1) is 18.8 Å². The lowest BCUT2D eigenvalue weighted by Gasteiger charge is -2.64. The molecule has 4 atom stereocenters. The van der Waals surface area contributed by atoms with Gasteiger partial charge in [0.1, 0.15) is 0 Å². The Morgan fingerprint density at radius 3 is 2.23 bits per heavy atom. The first-order chi connectivity index (χ1) is 10.00. The first-order valence-corrected chi connectivity index (χ1v) is 10.2. The summed E-state index contributed by atoms with van der Waals surface area (Å²) in [7, 11) is -7.28. The van der Waals surface area contributed by atoms with Crippen molar-refractivity contribution in [3.63, 3.8) is 0 Å². The number of fused-ring (bicyclic) bond motifs is 1. The average molecular weight is 344 g/mol. The first-order valence-electron chi connectivity index (χ1n) is 7.23. The molecule has 22 heavy (non-hydrogen) atoms. The highest BCUT2D eigenvalue weighted by molar-refractivity contribution is 7.95. The number of hydrogen-bond donors (Lipinski definition) is 0. The zero-order valence-corrected chi connectivity index (χ0v) is 14.6. The van der Waals surface area contributed by atoms with E-state index in [0.717, 1.165) is 5.56 Å². The van der Waals surface area contributed by atoms with Gasteiger partial charge >= 0.3 is 0 Å². The van der Waals surface area contributed by atoms with Gasteiger partial charge in [0, 0.05) is 5.92 Å². The first kappa shape index (κ1) is 16.0. The molecular weight excluding hydrogens is 324 g/mol. The maximum Gasteiger partial charge on any atom is 0.297 e. The van der Waals surface area contributed by atoms with Gasteiger partial charge in [0.25, 0.3) is 10.1 Å². The summed E-state index contributed by atoms with van der Waals surface area (Å²) in [6, 6.07) is 6.33. The fourth-order valence-corrected chi connectivity index (χ4v) is 7.86. The van der Waals surface area contributed by atoms with Crippen LogP contribution in [0.5, 0.6) is 0 Å². The molecule has 7 heteroatoms. The van der Waals surface area contributed by atoms with E-state index in [-0.39, 0.29) is 16.7 Å². The van der Waals surface area contributed by atoms with Crippen molar-refractivity contribution in [2.75, 3.05) is 0 Å². The molecule has 1 aliphatic heterocycles. The van der Waals surface area contributed by atoms with E-state index in [0.29, 0.717) is 0 Å². The van der Waals surface area contributed by atoms with Crippen LogP contribution in [0.3, 0.4) is 0 Å².